The van der Waals surface area contributed by atoms with Gasteiger partial charge in [0, 0.05) is 0 Å². The third-order valence-corrected chi connectivity index (χ3v) is 7.98. The van der Waals surface area contributed by atoms with Crippen molar-refractivity contribution in [3.63, 3.8) is 0 Å². The maximum absolute atomic E-state index is 14.2. The molecule has 0 amide bonds. The average molecular weight is 308 g/mol. The molecule has 0 heterocycles. The molecular formula is C19H29FO2. The van der Waals surface area contributed by atoms with E-state index in [2.05, 4.69) is 13.0 Å². The first-order chi connectivity index (χ1) is 10.4. The second-order valence-corrected chi connectivity index (χ2v) is 8.84. The number of fused-ring (bicyclic) bond motifs is 5. The van der Waals surface area contributed by atoms with Crippen molar-refractivity contribution in [3.8, 4) is 0 Å². The van der Waals surface area contributed by atoms with Crippen LogP contribution in [0.4, 0.5) is 4.39 Å². The lowest BCUT2D eigenvalue weighted by molar-refractivity contribution is -0.104. The molecule has 0 aromatic rings. The van der Waals surface area contributed by atoms with Crippen LogP contribution in [0.25, 0.3) is 0 Å². The fraction of sp³-hybridized carbons (Fsp3) is 0.895. The quantitative estimate of drug-likeness (QED) is 0.671. The monoisotopic (exact) mass is 308 g/mol. The number of hydrogen-bond acceptors (Lipinski definition) is 2. The van der Waals surface area contributed by atoms with E-state index >= 15 is 0 Å². The van der Waals surface area contributed by atoms with Crippen LogP contribution in [0, 0.1) is 28.6 Å². The first kappa shape index (κ1) is 15.1. The Morgan fingerprint density at radius 3 is 2.68 bits per heavy atom. The summed E-state index contributed by atoms with van der Waals surface area (Å²) >= 11 is 0. The molecule has 2 nitrogen and oxygen atoms in total. The van der Waals surface area contributed by atoms with E-state index in [9.17, 15) is 14.6 Å². The third kappa shape index (κ3) is 1.78. The third-order valence-electron chi connectivity index (χ3n) is 7.98. The minimum atomic E-state index is -1.12. The van der Waals surface area contributed by atoms with Gasteiger partial charge in [-0.25, -0.2) is 4.39 Å². The van der Waals surface area contributed by atoms with E-state index in [-0.39, 0.29) is 22.7 Å². The van der Waals surface area contributed by atoms with Crippen molar-refractivity contribution in [2.24, 2.45) is 28.6 Å². The summed E-state index contributed by atoms with van der Waals surface area (Å²) in [5.74, 6) is 0.696. The summed E-state index contributed by atoms with van der Waals surface area (Å²) in [5, 5.41) is 21.2. The first-order valence-corrected chi connectivity index (χ1v) is 9.09. The van der Waals surface area contributed by atoms with Crippen molar-refractivity contribution >= 4 is 0 Å². The van der Waals surface area contributed by atoms with Crippen LogP contribution in [0.3, 0.4) is 0 Å². The molecule has 124 valence electrons. The fourth-order valence-corrected chi connectivity index (χ4v) is 6.63. The minimum Gasteiger partial charge on any atom is -0.390 e. The lowest BCUT2D eigenvalue weighted by Crippen LogP contribution is -2.54. The van der Waals surface area contributed by atoms with E-state index < -0.39 is 18.4 Å². The van der Waals surface area contributed by atoms with Crippen molar-refractivity contribution in [2.45, 2.75) is 77.2 Å². The second kappa shape index (κ2) is 4.80. The van der Waals surface area contributed by atoms with E-state index in [1.165, 1.54) is 24.8 Å². The molecule has 0 bridgehead atoms. The zero-order valence-electron chi connectivity index (χ0n) is 13.8. The molecule has 22 heavy (non-hydrogen) atoms. The molecule has 4 aliphatic rings. The van der Waals surface area contributed by atoms with Crippen LogP contribution >= 0.6 is 0 Å². The van der Waals surface area contributed by atoms with Crippen molar-refractivity contribution in [1.82, 2.24) is 0 Å². The largest absolute Gasteiger partial charge is 0.390 e. The van der Waals surface area contributed by atoms with Gasteiger partial charge in [0.25, 0.3) is 0 Å². The summed E-state index contributed by atoms with van der Waals surface area (Å²) in [6, 6.07) is 0. The standard InChI is InChI=1S/C19H29FO2/c1-18-7-4-3-5-11(18)9-15(21)16-12(18)6-8-19(2)13(16)10-14(20)17(19)22/h9,12-17,21-22H,3-8,10H2,1-2H3/t12-,13-,14+,15-,16+,17-,18-,19-/m0/s1. The highest BCUT2D eigenvalue weighted by atomic mass is 19.1. The summed E-state index contributed by atoms with van der Waals surface area (Å²) < 4.78 is 14.2. The lowest BCUT2D eigenvalue weighted by atomic mass is 9.47. The van der Waals surface area contributed by atoms with Gasteiger partial charge >= 0.3 is 0 Å². The first-order valence-electron chi connectivity index (χ1n) is 9.09. The van der Waals surface area contributed by atoms with Crippen LogP contribution in [-0.4, -0.2) is 28.6 Å². The Kier molecular flexibility index (Phi) is 3.30. The Balaban J connectivity index is 1.75. The van der Waals surface area contributed by atoms with Crippen molar-refractivity contribution in [1.29, 1.82) is 0 Å². The molecule has 0 unspecified atom stereocenters. The van der Waals surface area contributed by atoms with E-state index in [4.69, 9.17) is 0 Å². The van der Waals surface area contributed by atoms with Gasteiger partial charge in [-0.15, -0.1) is 0 Å². The number of allylic oxidation sites excluding steroid dienone is 1. The molecule has 0 saturated heterocycles. The van der Waals surface area contributed by atoms with Crippen molar-refractivity contribution in [2.75, 3.05) is 0 Å². The van der Waals surface area contributed by atoms with Crippen LogP contribution < -0.4 is 0 Å². The SMILES string of the molecule is C[C@]12CC[C@H]3[C@@H]([C@@H](O)C=C4CCCC[C@@]43C)[C@@H]1C[C@@H](F)[C@@H]2O. The van der Waals surface area contributed by atoms with Gasteiger partial charge in [-0.05, 0) is 67.1 Å². The molecule has 0 aromatic carbocycles. The predicted molar refractivity (Wildman–Crippen MR) is 84.0 cm³/mol. The zero-order valence-corrected chi connectivity index (χ0v) is 13.8. The van der Waals surface area contributed by atoms with Crippen LogP contribution in [0.2, 0.25) is 0 Å². The van der Waals surface area contributed by atoms with E-state index in [0.29, 0.717) is 12.3 Å². The van der Waals surface area contributed by atoms with E-state index in [1.54, 1.807) is 0 Å². The summed E-state index contributed by atoms with van der Waals surface area (Å²) in [6.45, 7) is 4.43. The average Bonchev–Trinajstić information content (AvgIpc) is 2.71. The van der Waals surface area contributed by atoms with Gasteiger partial charge in [0.15, 0.2) is 0 Å². The van der Waals surface area contributed by atoms with Gasteiger partial charge in [0.1, 0.15) is 6.17 Å². The smallest absolute Gasteiger partial charge is 0.127 e. The number of aliphatic hydroxyl groups excluding tert-OH is 2. The normalized spacial score (nSPS) is 57.6. The molecule has 2 N–H and O–H groups in total. The molecule has 0 aliphatic heterocycles. The topological polar surface area (TPSA) is 40.5 Å². The van der Waals surface area contributed by atoms with E-state index in [1.807, 2.05) is 6.92 Å². The predicted octanol–water partition coefficient (Wildman–Crippen LogP) is 3.62. The Bertz CT molecular complexity index is 504. The number of alkyl halides is 1. The summed E-state index contributed by atoms with van der Waals surface area (Å²) in [5.41, 5.74) is 1.30. The molecule has 0 aromatic heterocycles. The maximum Gasteiger partial charge on any atom is 0.127 e. The minimum absolute atomic E-state index is 0.114. The summed E-state index contributed by atoms with van der Waals surface area (Å²) in [4.78, 5) is 0. The molecule has 3 fully saturated rings. The van der Waals surface area contributed by atoms with Crippen molar-refractivity contribution < 1.29 is 14.6 Å². The number of halogens is 1. The van der Waals surface area contributed by atoms with E-state index in [0.717, 1.165) is 19.3 Å². The molecule has 4 rings (SSSR count). The molecule has 8 atom stereocenters. The fourth-order valence-electron chi connectivity index (χ4n) is 6.63. The van der Waals surface area contributed by atoms with Gasteiger partial charge in [0.05, 0.1) is 12.2 Å². The van der Waals surface area contributed by atoms with Gasteiger partial charge in [-0.3, -0.25) is 0 Å². The number of hydrogen-bond donors (Lipinski definition) is 2. The summed E-state index contributed by atoms with van der Waals surface area (Å²) in [6.07, 6.45) is 6.85. The molecular weight excluding hydrogens is 279 g/mol. The van der Waals surface area contributed by atoms with Gasteiger partial charge in [0.2, 0.25) is 0 Å². The second-order valence-electron chi connectivity index (χ2n) is 8.84. The van der Waals surface area contributed by atoms with Crippen LogP contribution in [0.15, 0.2) is 11.6 Å². The Labute approximate surface area is 132 Å². The highest BCUT2D eigenvalue weighted by Crippen LogP contribution is 2.65. The Hall–Kier alpha value is -0.410. The summed E-state index contributed by atoms with van der Waals surface area (Å²) in [7, 11) is 0. The molecule has 0 radical (unpaired) electrons. The van der Waals surface area contributed by atoms with Gasteiger partial charge in [-0.2, -0.15) is 0 Å². The molecule has 0 spiro atoms. The maximum atomic E-state index is 14.2. The number of rotatable bonds is 0. The Morgan fingerprint density at radius 2 is 1.91 bits per heavy atom. The van der Waals surface area contributed by atoms with Crippen molar-refractivity contribution in [3.05, 3.63) is 11.6 Å². The highest BCUT2D eigenvalue weighted by Gasteiger charge is 2.62. The van der Waals surface area contributed by atoms with Crippen LogP contribution in [0.1, 0.15) is 58.8 Å². The zero-order chi connectivity index (χ0) is 15.7. The lowest BCUT2D eigenvalue weighted by Gasteiger charge is -2.58. The Morgan fingerprint density at radius 1 is 1.14 bits per heavy atom. The molecule has 4 aliphatic carbocycles. The van der Waals surface area contributed by atoms with Gasteiger partial charge < -0.3 is 10.2 Å². The van der Waals surface area contributed by atoms with Crippen LogP contribution in [-0.2, 0) is 0 Å². The highest BCUT2D eigenvalue weighted by molar-refractivity contribution is 5.27. The van der Waals surface area contributed by atoms with Crippen LogP contribution in [0.5, 0.6) is 0 Å². The molecule has 3 saturated carbocycles. The molecule has 3 heteroatoms. The van der Waals surface area contributed by atoms with Gasteiger partial charge in [-0.1, -0.05) is 31.9 Å². The number of aliphatic hydroxyl groups is 2.